The molecule has 2 heterocycles. The Labute approximate surface area is 161 Å². The molecule has 1 aromatic heterocycles. The highest BCUT2D eigenvalue weighted by Gasteiger charge is 2.22. The van der Waals surface area contributed by atoms with Crippen LogP contribution in [0.15, 0.2) is 66.0 Å². The molecule has 1 aliphatic heterocycles. The maximum atomic E-state index is 12.7. The van der Waals surface area contributed by atoms with Gasteiger partial charge in [0.15, 0.2) is 11.5 Å². The van der Waals surface area contributed by atoms with Crippen LogP contribution in [-0.2, 0) is 4.79 Å². The second-order valence-corrected chi connectivity index (χ2v) is 7.28. The van der Waals surface area contributed by atoms with Crippen molar-refractivity contribution in [2.24, 2.45) is 0 Å². The van der Waals surface area contributed by atoms with Crippen LogP contribution < -0.4 is 20.1 Å². The van der Waals surface area contributed by atoms with E-state index in [1.807, 2.05) is 42.6 Å². The van der Waals surface area contributed by atoms with Crippen LogP contribution in [0.1, 0.15) is 23.4 Å². The monoisotopic (exact) mass is 380 g/mol. The fourth-order valence-electron chi connectivity index (χ4n) is 2.99. The van der Waals surface area contributed by atoms with Crippen molar-refractivity contribution >= 4 is 22.9 Å². The summed E-state index contributed by atoms with van der Waals surface area (Å²) in [5, 5.41) is 8.44. The van der Waals surface area contributed by atoms with Crippen molar-refractivity contribution in [1.82, 2.24) is 5.32 Å². The lowest BCUT2D eigenvalue weighted by molar-refractivity contribution is -0.117. The Morgan fingerprint density at radius 2 is 1.85 bits per heavy atom. The molecule has 0 radical (unpaired) electrons. The first-order valence-corrected chi connectivity index (χ1v) is 9.63. The van der Waals surface area contributed by atoms with Crippen molar-refractivity contribution in [3.05, 3.63) is 76.5 Å². The Kier molecular flexibility index (Phi) is 5.09. The predicted octanol–water partition coefficient (Wildman–Crippen LogP) is 4.18. The molecule has 0 fully saturated rings. The Balaban J connectivity index is 1.47. The molecular weight excluding hydrogens is 360 g/mol. The van der Waals surface area contributed by atoms with Crippen LogP contribution in [0.2, 0.25) is 0 Å². The molecule has 4 rings (SSSR count). The molecule has 0 saturated carbocycles. The molecular formula is C21H20N2O3S. The number of amides is 1. The van der Waals surface area contributed by atoms with E-state index in [1.54, 1.807) is 23.5 Å². The Morgan fingerprint density at radius 3 is 2.63 bits per heavy atom. The molecule has 0 aliphatic carbocycles. The standard InChI is InChI=1S/C21H20N2O3S/c1-14(21(24)23-16-9-10-17-18(12-16)26-13-25-17)22-20(19-8-5-11-27-19)15-6-3-2-4-7-15/h2-12,14,20,22H,13H2,1H3,(H,23,24)/t14-,20-/m1/s1. The topological polar surface area (TPSA) is 59.6 Å². The molecule has 5 nitrogen and oxygen atoms in total. The lowest BCUT2D eigenvalue weighted by Crippen LogP contribution is -2.40. The summed E-state index contributed by atoms with van der Waals surface area (Å²) in [6.07, 6.45) is 0. The van der Waals surface area contributed by atoms with Gasteiger partial charge in [0, 0.05) is 16.6 Å². The van der Waals surface area contributed by atoms with E-state index in [2.05, 4.69) is 28.8 Å². The third-order valence-corrected chi connectivity index (χ3v) is 5.35. The Bertz CT molecular complexity index is 912. The van der Waals surface area contributed by atoms with Gasteiger partial charge < -0.3 is 14.8 Å². The summed E-state index contributed by atoms with van der Waals surface area (Å²) in [6.45, 7) is 2.08. The zero-order valence-electron chi connectivity index (χ0n) is 14.8. The number of fused-ring (bicyclic) bond motifs is 1. The van der Waals surface area contributed by atoms with Gasteiger partial charge in [0.05, 0.1) is 12.1 Å². The summed E-state index contributed by atoms with van der Waals surface area (Å²) in [4.78, 5) is 13.9. The highest BCUT2D eigenvalue weighted by atomic mass is 32.1. The van der Waals surface area contributed by atoms with Gasteiger partial charge >= 0.3 is 0 Å². The minimum atomic E-state index is -0.386. The van der Waals surface area contributed by atoms with Crippen molar-refractivity contribution in [3.8, 4) is 11.5 Å². The summed E-state index contributed by atoms with van der Waals surface area (Å²) in [5.74, 6) is 1.24. The number of benzene rings is 2. The molecule has 1 aliphatic rings. The average Bonchev–Trinajstić information content (AvgIpc) is 3.38. The minimum absolute atomic E-state index is 0.0382. The number of nitrogens with one attached hydrogen (secondary N) is 2. The van der Waals surface area contributed by atoms with E-state index in [9.17, 15) is 4.79 Å². The summed E-state index contributed by atoms with van der Waals surface area (Å²) >= 11 is 1.67. The summed E-state index contributed by atoms with van der Waals surface area (Å²) < 4.78 is 10.7. The van der Waals surface area contributed by atoms with E-state index in [0.29, 0.717) is 17.2 Å². The van der Waals surface area contributed by atoms with Crippen molar-refractivity contribution in [2.75, 3.05) is 12.1 Å². The van der Waals surface area contributed by atoms with Crippen LogP contribution in [0.25, 0.3) is 0 Å². The van der Waals surface area contributed by atoms with Gasteiger partial charge in [-0.15, -0.1) is 11.3 Å². The highest BCUT2D eigenvalue weighted by molar-refractivity contribution is 7.10. The molecule has 0 spiro atoms. The SMILES string of the molecule is C[C@@H](N[C@H](c1ccccc1)c1cccs1)C(=O)Nc1ccc2c(c1)OCO2. The van der Waals surface area contributed by atoms with Gasteiger partial charge in [-0.25, -0.2) is 0 Å². The minimum Gasteiger partial charge on any atom is -0.454 e. The zero-order valence-corrected chi connectivity index (χ0v) is 15.7. The van der Waals surface area contributed by atoms with Crippen LogP contribution in [0, 0.1) is 0 Å². The second kappa shape index (κ2) is 7.82. The molecule has 2 N–H and O–H groups in total. The van der Waals surface area contributed by atoms with Gasteiger partial charge in [0.2, 0.25) is 12.7 Å². The van der Waals surface area contributed by atoms with Crippen LogP contribution in [0.4, 0.5) is 5.69 Å². The lowest BCUT2D eigenvalue weighted by atomic mass is 10.0. The third kappa shape index (κ3) is 3.97. The van der Waals surface area contributed by atoms with Gasteiger partial charge in [-0.1, -0.05) is 36.4 Å². The number of rotatable bonds is 6. The number of hydrogen-bond donors (Lipinski definition) is 2. The number of ether oxygens (including phenoxy) is 2. The predicted molar refractivity (Wildman–Crippen MR) is 106 cm³/mol. The zero-order chi connectivity index (χ0) is 18.6. The second-order valence-electron chi connectivity index (χ2n) is 6.30. The van der Waals surface area contributed by atoms with Crippen LogP contribution in [0.3, 0.4) is 0 Å². The summed E-state index contributed by atoms with van der Waals surface area (Å²) in [7, 11) is 0. The van der Waals surface area contributed by atoms with E-state index in [-0.39, 0.29) is 24.8 Å². The molecule has 0 bridgehead atoms. The molecule has 3 aromatic rings. The molecule has 1 amide bonds. The number of thiophene rings is 1. The molecule has 2 atom stereocenters. The highest BCUT2D eigenvalue weighted by Crippen LogP contribution is 2.34. The summed E-state index contributed by atoms with van der Waals surface area (Å²) in [6, 6.07) is 19.2. The van der Waals surface area contributed by atoms with Crippen molar-refractivity contribution < 1.29 is 14.3 Å². The Hall–Kier alpha value is -2.83. The molecule has 138 valence electrons. The van der Waals surface area contributed by atoms with Gasteiger partial charge in [0.1, 0.15) is 0 Å². The van der Waals surface area contributed by atoms with E-state index in [0.717, 1.165) is 5.56 Å². The van der Waals surface area contributed by atoms with E-state index < -0.39 is 0 Å². The smallest absolute Gasteiger partial charge is 0.241 e. The van der Waals surface area contributed by atoms with Gasteiger partial charge in [0.25, 0.3) is 0 Å². The number of hydrogen-bond acceptors (Lipinski definition) is 5. The number of carbonyl (C=O) groups excluding carboxylic acids is 1. The molecule has 2 aromatic carbocycles. The third-order valence-electron chi connectivity index (χ3n) is 4.41. The Morgan fingerprint density at radius 1 is 1.04 bits per heavy atom. The van der Waals surface area contributed by atoms with Crippen LogP contribution in [-0.4, -0.2) is 18.7 Å². The normalized spacial score (nSPS) is 14.6. The fraction of sp³-hybridized carbons (Fsp3) is 0.190. The summed E-state index contributed by atoms with van der Waals surface area (Å²) in [5.41, 5.74) is 1.81. The first-order valence-electron chi connectivity index (χ1n) is 8.75. The maximum absolute atomic E-state index is 12.7. The van der Waals surface area contributed by atoms with Crippen LogP contribution in [0.5, 0.6) is 11.5 Å². The number of anilines is 1. The quantitative estimate of drug-likeness (QED) is 0.673. The first kappa shape index (κ1) is 17.6. The first-order chi connectivity index (χ1) is 13.2. The number of carbonyl (C=O) groups is 1. The van der Waals surface area contributed by atoms with Crippen molar-refractivity contribution in [3.63, 3.8) is 0 Å². The van der Waals surface area contributed by atoms with Gasteiger partial charge in [-0.05, 0) is 36.1 Å². The van der Waals surface area contributed by atoms with Crippen molar-refractivity contribution in [1.29, 1.82) is 0 Å². The fourth-order valence-corrected chi connectivity index (χ4v) is 3.81. The van der Waals surface area contributed by atoms with Gasteiger partial charge in [-0.3, -0.25) is 10.1 Å². The van der Waals surface area contributed by atoms with E-state index >= 15 is 0 Å². The van der Waals surface area contributed by atoms with Crippen LogP contribution >= 0.6 is 11.3 Å². The molecule has 6 heteroatoms. The van der Waals surface area contributed by atoms with E-state index in [1.165, 1.54) is 4.88 Å². The average molecular weight is 380 g/mol. The molecule has 27 heavy (non-hydrogen) atoms. The van der Waals surface area contributed by atoms with E-state index in [4.69, 9.17) is 9.47 Å². The lowest BCUT2D eigenvalue weighted by Gasteiger charge is -2.22. The molecule has 0 unspecified atom stereocenters. The largest absolute Gasteiger partial charge is 0.454 e. The molecule has 0 saturated heterocycles. The van der Waals surface area contributed by atoms with Crippen molar-refractivity contribution in [2.45, 2.75) is 19.0 Å². The maximum Gasteiger partial charge on any atom is 0.241 e. The van der Waals surface area contributed by atoms with Gasteiger partial charge in [-0.2, -0.15) is 0 Å².